The van der Waals surface area contributed by atoms with Crippen LogP contribution in [0.3, 0.4) is 0 Å². The smallest absolute Gasteiger partial charge is 0.234 e. The Bertz CT molecular complexity index is 693. The molecule has 0 spiro atoms. The van der Waals surface area contributed by atoms with E-state index in [2.05, 4.69) is 28.4 Å². The van der Waals surface area contributed by atoms with Gasteiger partial charge in [-0.15, -0.1) is 11.3 Å². The molecule has 5 nitrogen and oxygen atoms in total. The summed E-state index contributed by atoms with van der Waals surface area (Å²) >= 11 is 1.76. The second-order valence-corrected chi connectivity index (χ2v) is 8.00. The summed E-state index contributed by atoms with van der Waals surface area (Å²) in [4.78, 5) is 19.5. The second kappa shape index (κ2) is 7.81. The van der Waals surface area contributed by atoms with Crippen LogP contribution in [0.15, 0.2) is 24.3 Å². The fourth-order valence-corrected chi connectivity index (χ4v) is 4.90. The average molecular weight is 359 g/mol. The van der Waals surface area contributed by atoms with Gasteiger partial charge in [-0.25, -0.2) is 4.98 Å². The number of carbonyl (C=O) groups excluding carboxylic acids is 1. The standard InChI is InChI=1S/C19H25N3O2S/c23-18(20-12-14-6-5-11-24-14)13-22-10-4-3-8-16(22)19-21-15-7-1-2-9-17(15)25-19/h1-2,7,9,14,16H,3-6,8,10-13H2,(H,20,23)/t14-,16-/m0/s1. The first-order valence-corrected chi connectivity index (χ1v) is 10.1. The topological polar surface area (TPSA) is 54.5 Å². The molecule has 1 amide bonds. The predicted octanol–water partition coefficient (Wildman–Crippen LogP) is 3.12. The Kier molecular flexibility index (Phi) is 5.29. The largest absolute Gasteiger partial charge is 0.376 e. The van der Waals surface area contributed by atoms with Gasteiger partial charge in [0.1, 0.15) is 5.01 Å². The van der Waals surface area contributed by atoms with E-state index in [1.807, 2.05) is 6.07 Å². The van der Waals surface area contributed by atoms with Crippen molar-refractivity contribution < 1.29 is 9.53 Å². The molecule has 1 N–H and O–H groups in total. The van der Waals surface area contributed by atoms with E-state index in [0.717, 1.165) is 49.4 Å². The SMILES string of the molecule is O=C(CN1CCCC[C@H]1c1nc2ccccc2s1)NC[C@@H]1CCCO1. The number of likely N-dealkylation sites (tertiary alicyclic amines) is 1. The Morgan fingerprint density at radius 1 is 1.28 bits per heavy atom. The van der Waals surface area contributed by atoms with Gasteiger partial charge in [0.2, 0.25) is 5.91 Å². The second-order valence-electron chi connectivity index (χ2n) is 6.94. The number of aromatic nitrogens is 1. The molecule has 0 saturated carbocycles. The van der Waals surface area contributed by atoms with E-state index in [1.165, 1.54) is 11.1 Å². The summed E-state index contributed by atoms with van der Waals surface area (Å²) in [5.41, 5.74) is 1.07. The van der Waals surface area contributed by atoms with Crippen molar-refractivity contribution in [3.63, 3.8) is 0 Å². The molecule has 0 bridgehead atoms. The third kappa shape index (κ3) is 4.02. The van der Waals surface area contributed by atoms with Gasteiger partial charge in [0.25, 0.3) is 0 Å². The summed E-state index contributed by atoms with van der Waals surface area (Å²) in [5, 5.41) is 4.19. The van der Waals surface area contributed by atoms with Crippen LogP contribution in [0.5, 0.6) is 0 Å². The zero-order chi connectivity index (χ0) is 17.1. The van der Waals surface area contributed by atoms with Crippen LogP contribution in [0.1, 0.15) is 43.2 Å². The quantitative estimate of drug-likeness (QED) is 0.891. The normalized spacial score (nSPS) is 24.6. The fourth-order valence-electron chi connectivity index (χ4n) is 3.77. The number of ether oxygens (including phenoxy) is 1. The summed E-state index contributed by atoms with van der Waals surface area (Å²) in [6.45, 7) is 2.88. The van der Waals surface area contributed by atoms with E-state index in [0.29, 0.717) is 13.1 Å². The number of hydrogen-bond acceptors (Lipinski definition) is 5. The van der Waals surface area contributed by atoms with Gasteiger partial charge in [-0.3, -0.25) is 9.69 Å². The summed E-state index contributed by atoms with van der Waals surface area (Å²) < 4.78 is 6.81. The number of nitrogens with zero attached hydrogens (tertiary/aromatic N) is 2. The number of thiazole rings is 1. The van der Waals surface area contributed by atoms with Crippen LogP contribution >= 0.6 is 11.3 Å². The predicted molar refractivity (Wildman–Crippen MR) is 99.8 cm³/mol. The van der Waals surface area contributed by atoms with E-state index in [-0.39, 0.29) is 18.1 Å². The molecule has 0 aliphatic carbocycles. The molecule has 1 aromatic heterocycles. The number of amides is 1. The van der Waals surface area contributed by atoms with Crippen LogP contribution in [0.2, 0.25) is 0 Å². The number of fused-ring (bicyclic) bond motifs is 1. The fraction of sp³-hybridized carbons (Fsp3) is 0.579. The van der Waals surface area contributed by atoms with E-state index in [9.17, 15) is 4.79 Å². The molecular weight excluding hydrogens is 334 g/mol. The molecule has 2 atom stereocenters. The van der Waals surface area contributed by atoms with Crippen LogP contribution in [0, 0.1) is 0 Å². The first kappa shape index (κ1) is 16.9. The maximum absolute atomic E-state index is 12.4. The van der Waals surface area contributed by atoms with Crippen molar-refractivity contribution in [3.05, 3.63) is 29.3 Å². The highest BCUT2D eigenvalue weighted by atomic mass is 32.1. The first-order valence-electron chi connectivity index (χ1n) is 9.27. The molecule has 0 unspecified atom stereocenters. The minimum absolute atomic E-state index is 0.100. The van der Waals surface area contributed by atoms with Gasteiger partial charge in [-0.05, 0) is 44.4 Å². The molecule has 3 heterocycles. The minimum Gasteiger partial charge on any atom is -0.376 e. The van der Waals surface area contributed by atoms with Gasteiger partial charge in [0.05, 0.1) is 28.9 Å². The monoisotopic (exact) mass is 359 g/mol. The van der Waals surface area contributed by atoms with Crippen molar-refractivity contribution >= 4 is 27.5 Å². The molecule has 25 heavy (non-hydrogen) atoms. The zero-order valence-corrected chi connectivity index (χ0v) is 15.3. The summed E-state index contributed by atoms with van der Waals surface area (Å²) in [6.07, 6.45) is 5.80. The number of nitrogens with one attached hydrogen (secondary N) is 1. The third-order valence-electron chi connectivity index (χ3n) is 5.11. The van der Waals surface area contributed by atoms with Crippen LogP contribution in [0.4, 0.5) is 0 Å². The molecule has 2 saturated heterocycles. The number of para-hydroxylation sites is 1. The van der Waals surface area contributed by atoms with Gasteiger partial charge in [-0.2, -0.15) is 0 Å². The molecule has 134 valence electrons. The molecule has 2 fully saturated rings. The Morgan fingerprint density at radius 2 is 2.20 bits per heavy atom. The molecule has 0 radical (unpaired) electrons. The van der Waals surface area contributed by atoms with Crippen LogP contribution in [0.25, 0.3) is 10.2 Å². The highest BCUT2D eigenvalue weighted by molar-refractivity contribution is 7.18. The Labute approximate surface area is 152 Å². The number of benzene rings is 1. The van der Waals surface area contributed by atoms with Crippen molar-refractivity contribution in [3.8, 4) is 0 Å². The van der Waals surface area contributed by atoms with Crippen LogP contribution in [-0.4, -0.2) is 48.1 Å². The number of piperidine rings is 1. The van der Waals surface area contributed by atoms with E-state index in [4.69, 9.17) is 9.72 Å². The van der Waals surface area contributed by atoms with E-state index < -0.39 is 0 Å². The summed E-state index contributed by atoms with van der Waals surface area (Å²) in [5.74, 6) is 0.100. The van der Waals surface area contributed by atoms with Gasteiger partial charge >= 0.3 is 0 Å². The highest BCUT2D eigenvalue weighted by Gasteiger charge is 2.28. The van der Waals surface area contributed by atoms with Crippen molar-refractivity contribution in [1.29, 1.82) is 0 Å². The van der Waals surface area contributed by atoms with E-state index >= 15 is 0 Å². The van der Waals surface area contributed by atoms with Gasteiger partial charge in [0.15, 0.2) is 0 Å². The molecule has 6 heteroatoms. The molecule has 1 aromatic carbocycles. The molecule has 4 rings (SSSR count). The lowest BCUT2D eigenvalue weighted by molar-refractivity contribution is -0.123. The molecule has 2 aromatic rings. The lowest BCUT2D eigenvalue weighted by Gasteiger charge is -2.33. The molecule has 2 aliphatic rings. The summed E-state index contributed by atoms with van der Waals surface area (Å²) in [7, 11) is 0. The zero-order valence-electron chi connectivity index (χ0n) is 14.4. The van der Waals surface area contributed by atoms with Crippen molar-refractivity contribution in [2.24, 2.45) is 0 Å². The van der Waals surface area contributed by atoms with Crippen molar-refractivity contribution in [1.82, 2.24) is 15.2 Å². The number of rotatable bonds is 5. The molecule has 2 aliphatic heterocycles. The Hall–Kier alpha value is -1.50. The Balaban J connectivity index is 1.40. The van der Waals surface area contributed by atoms with Crippen molar-refractivity contribution in [2.45, 2.75) is 44.2 Å². The third-order valence-corrected chi connectivity index (χ3v) is 6.24. The van der Waals surface area contributed by atoms with Crippen LogP contribution < -0.4 is 5.32 Å². The van der Waals surface area contributed by atoms with Crippen molar-refractivity contribution in [2.75, 3.05) is 26.2 Å². The maximum atomic E-state index is 12.4. The Morgan fingerprint density at radius 3 is 3.04 bits per heavy atom. The van der Waals surface area contributed by atoms with Gasteiger partial charge in [0, 0.05) is 13.2 Å². The minimum atomic E-state index is 0.100. The number of hydrogen-bond donors (Lipinski definition) is 1. The lowest BCUT2D eigenvalue weighted by Crippen LogP contribution is -2.43. The average Bonchev–Trinajstić information content (AvgIpc) is 3.30. The highest BCUT2D eigenvalue weighted by Crippen LogP contribution is 2.35. The van der Waals surface area contributed by atoms with E-state index in [1.54, 1.807) is 11.3 Å². The summed E-state index contributed by atoms with van der Waals surface area (Å²) in [6, 6.07) is 8.54. The van der Waals surface area contributed by atoms with Gasteiger partial charge < -0.3 is 10.1 Å². The first-order chi connectivity index (χ1) is 12.3. The lowest BCUT2D eigenvalue weighted by atomic mass is 10.0. The number of carbonyl (C=O) groups is 1. The van der Waals surface area contributed by atoms with Crippen LogP contribution in [-0.2, 0) is 9.53 Å². The van der Waals surface area contributed by atoms with Gasteiger partial charge in [-0.1, -0.05) is 18.6 Å². The molecular formula is C19H25N3O2S. The maximum Gasteiger partial charge on any atom is 0.234 e.